The van der Waals surface area contributed by atoms with Crippen LogP contribution in [0.5, 0.6) is 0 Å². The topological polar surface area (TPSA) is 173 Å². The molecule has 14 heavy (non-hydrogen) atoms. The molecule has 0 aromatic rings. The fourth-order valence-corrected chi connectivity index (χ4v) is 1.13. The number of hydrogen-bond donors (Lipinski definition) is 5. The molecule has 0 radical (unpaired) electrons. The molecule has 0 bridgehead atoms. The molecule has 0 aliphatic carbocycles. The van der Waals surface area contributed by atoms with Crippen LogP contribution >= 0.6 is 7.82 Å². The summed E-state index contributed by atoms with van der Waals surface area (Å²) in [5.74, 6) is -0.575. The number of nitrogens with zero attached hydrogens (tertiary/aromatic N) is 3. The zero-order valence-corrected chi connectivity index (χ0v) is 7.70. The molecular formula is C3H9N6O4P. The maximum absolute atomic E-state index is 10.5. The Morgan fingerprint density at radius 2 is 2.07 bits per heavy atom. The molecule has 0 amide bonds. The summed E-state index contributed by atoms with van der Waals surface area (Å²) in [6, 6.07) is 0. The molecule has 1 aliphatic heterocycles. The van der Waals surface area contributed by atoms with Crippen molar-refractivity contribution in [3.05, 3.63) is 0 Å². The first-order chi connectivity index (χ1) is 6.29. The van der Waals surface area contributed by atoms with Crippen molar-refractivity contribution in [1.82, 2.24) is 5.06 Å². The van der Waals surface area contributed by atoms with Crippen molar-refractivity contribution >= 4 is 19.7 Å². The zero-order valence-electron chi connectivity index (χ0n) is 6.81. The van der Waals surface area contributed by atoms with Crippen molar-refractivity contribution in [3.8, 4) is 0 Å². The fraction of sp³-hybridized carbons (Fsp3) is 0.333. The third kappa shape index (κ3) is 2.65. The summed E-state index contributed by atoms with van der Waals surface area (Å²) in [6.07, 6.45) is -1.24. The van der Waals surface area contributed by atoms with Crippen LogP contribution in [-0.4, -0.2) is 33.1 Å². The van der Waals surface area contributed by atoms with Crippen molar-refractivity contribution < 1.29 is 19.0 Å². The number of aliphatic imine (C=N–C) groups is 2. The highest BCUT2D eigenvalue weighted by Crippen LogP contribution is 2.37. The zero-order chi connectivity index (χ0) is 10.9. The van der Waals surface area contributed by atoms with Crippen LogP contribution in [0.25, 0.3) is 0 Å². The van der Waals surface area contributed by atoms with E-state index < -0.39 is 14.1 Å². The van der Waals surface area contributed by atoms with Gasteiger partial charge in [-0.05, 0) is 0 Å². The molecule has 8 N–H and O–H groups in total. The second-order valence-electron chi connectivity index (χ2n) is 2.27. The summed E-state index contributed by atoms with van der Waals surface area (Å²) >= 11 is 0. The lowest BCUT2D eigenvalue weighted by molar-refractivity contribution is -0.0465. The maximum Gasteiger partial charge on any atom is 0.491 e. The lowest BCUT2D eigenvalue weighted by atomic mass is 10.7. The molecule has 0 aromatic heterocycles. The molecule has 10 nitrogen and oxygen atoms in total. The van der Waals surface area contributed by atoms with E-state index >= 15 is 0 Å². The van der Waals surface area contributed by atoms with Crippen molar-refractivity contribution in [2.75, 3.05) is 0 Å². The first kappa shape index (κ1) is 10.9. The highest BCUT2D eigenvalue weighted by Gasteiger charge is 2.29. The van der Waals surface area contributed by atoms with Crippen LogP contribution in [0.1, 0.15) is 0 Å². The van der Waals surface area contributed by atoms with Gasteiger partial charge in [-0.1, -0.05) is 0 Å². The Hall–Kier alpha value is -1.19. The van der Waals surface area contributed by atoms with Crippen LogP contribution in [0.3, 0.4) is 0 Å². The molecular weight excluding hydrogens is 215 g/mol. The smallest absolute Gasteiger partial charge is 0.368 e. The van der Waals surface area contributed by atoms with Crippen LogP contribution in [-0.2, 0) is 9.19 Å². The highest BCUT2D eigenvalue weighted by atomic mass is 31.2. The molecule has 1 atom stereocenters. The molecule has 1 rings (SSSR count). The van der Waals surface area contributed by atoms with E-state index in [-0.39, 0.29) is 11.9 Å². The van der Waals surface area contributed by atoms with Crippen LogP contribution in [0.2, 0.25) is 0 Å². The average Bonchev–Trinajstić information content (AvgIpc) is 1.95. The summed E-state index contributed by atoms with van der Waals surface area (Å²) in [7, 11) is -4.75. The summed E-state index contributed by atoms with van der Waals surface area (Å²) in [4.78, 5) is 23.8. The van der Waals surface area contributed by atoms with E-state index in [1.54, 1.807) is 0 Å². The first-order valence-corrected chi connectivity index (χ1v) is 4.80. The SMILES string of the molecule is NC1=NC(N)N(OP(=O)(O)O)C(N)=N1. The minimum Gasteiger partial charge on any atom is -0.368 e. The van der Waals surface area contributed by atoms with Crippen molar-refractivity contribution in [2.45, 2.75) is 6.29 Å². The Kier molecular flexibility index (Phi) is 2.73. The van der Waals surface area contributed by atoms with Crippen LogP contribution in [0.4, 0.5) is 0 Å². The number of nitrogens with two attached hydrogens (primary N) is 3. The van der Waals surface area contributed by atoms with E-state index in [1.807, 2.05) is 0 Å². The predicted octanol–water partition coefficient (Wildman–Crippen LogP) is -2.80. The number of hydrogen-bond acceptors (Lipinski definition) is 8. The minimum atomic E-state index is -4.75. The molecule has 0 aromatic carbocycles. The van der Waals surface area contributed by atoms with E-state index in [1.165, 1.54) is 0 Å². The number of phosphoric acid groups is 1. The number of guanidine groups is 2. The van der Waals surface area contributed by atoms with Crippen molar-refractivity contribution in [3.63, 3.8) is 0 Å². The van der Waals surface area contributed by atoms with E-state index in [2.05, 4.69) is 14.6 Å². The molecule has 0 saturated heterocycles. The van der Waals surface area contributed by atoms with Gasteiger partial charge in [0, 0.05) is 0 Å². The minimum absolute atomic E-state index is 0.194. The van der Waals surface area contributed by atoms with Crippen molar-refractivity contribution in [1.29, 1.82) is 0 Å². The second kappa shape index (κ2) is 3.52. The molecule has 1 heterocycles. The summed E-state index contributed by atoms with van der Waals surface area (Å²) in [5.41, 5.74) is 15.7. The largest absolute Gasteiger partial charge is 0.491 e. The van der Waals surface area contributed by atoms with Gasteiger partial charge in [0.05, 0.1) is 0 Å². The van der Waals surface area contributed by atoms with Crippen LogP contribution < -0.4 is 17.2 Å². The molecule has 1 aliphatic rings. The molecule has 0 fully saturated rings. The lowest BCUT2D eigenvalue weighted by Crippen LogP contribution is -2.51. The third-order valence-electron chi connectivity index (χ3n) is 1.15. The Labute approximate surface area is 78.2 Å². The molecule has 0 saturated carbocycles. The Morgan fingerprint density at radius 1 is 1.50 bits per heavy atom. The monoisotopic (exact) mass is 224 g/mol. The highest BCUT2D eigenvalue weighted by molar-refractivity contribution is 7.46. The third-order valence-corrected chi connectivity index (χ3v) is 1.54. The first-order valence-electron chi connectivity index (χ1n) is 3.27. The fourth-order valence-electron chi connectivity index (χ4n) is 0.724. The van der Waals surface area contributed by atoms with Gasteiger partial charge in [-0.3, -0.25) is 5.73 Å². The Balaban J connectivity index is 2.82. The molecule has 80 valence electrons. The number of hydroxylamine groups is 2. The van der Waals surface area contributed by atoms with Gasteiger partial charge in [-0.2, -0.15) is 14.7 Å². The Bertz CT molecular complexity index is 334. The van der Waals surface area contributed by atoms with E-state index in [0.29, 0.717) is 5.06 Å². The quantitative estimate of drug-likeness (QED) is 0.312. The normalized spacial score (nSPS) is 23.1. The molecule has 11 heteroatoms. The van der Waals surface area contributed by atoms with Gasteiger partial charge < -0.3 is 21.3 Å². The van der Waals surface area contributed by atoms with Gasteiger partial charge in [0.25, 0.3) is 0 Å². The van der Waals surface area contributed by atoms with Gasteiger partial charge >= 0.3 is 7.82 Å². The van der Waals surface area contributed by atoms with Crippen LogP contribution in [0.15, 0.2) is 9.98 Å². The second-order valence-corrected chi connectivity index (χ2v) is 3.41. The van der Waals surface area contributed by atoms with Crippen molar-refractivity contribution in [2.24, 2.45) is 27.2 Å². The standard InChI is InChI=1S/C3H9N6O4P/c4-1-7-2(5)9(3(6)8-1)13-14(10,11)12/h2H,5H2,(H2,10,11,12)(H4,4,6,7,8). The summed E-state index contributed by atoms with van der Waals surface area (Å²) < 4.78 is 14.6. The van der Waals surface area contributed by atoms with Crippen LogP contribution in [0, 0.1) is 0 Å². The summed E-state index contributed by atoms with van der Waals surface area (Å²) in [5, 5.41) is 0.469. The summed E-state index contributed by atoms with van der Waals surface area (Å²) in [6.45, 7) is 0. The van der Waals surface area contributed by atoms with E-state index in [4.69, 9.17) is 27.0 Å². The van der Waals surface area contributed by atoms with Gasteiger partial charge in [-0.25, -0.2) is 9.56 Å². The molecule has 1 unspecified atom stereocenters. The van der Waals surface area contributed by atoms with Gasteiger partial charge in [0.1, 0.15) is 0 Å². The predicted molar refractivity (Wildman–Crippen MR) is 46.2 cm³/mol. The Morgan fingerprint density at radius 3 is 2.50 bits per heavy atom. The van der Waals surface area contributed by atoms with E-state index in [0.717, 1.165) is 0 Å². The number of rotatable bonds is 2. The van der Waals surface area contributed by atoms with E-state index in [9.17, 15) is 4.57 Å². The average molecular weight is 224 g/mol. The van der Waals surface area contributed by atoms with Gasteiger partial charge in [0.2, 0.25) is 18.2 Å². The van der Waals surface area contributed by atoms with Gasteiger partial charge in [-0.15, -0.1) is 0 Å². The molecule has 0 spiro atoms. The maximum atomic E-state index is 10.5. The van der Waals surface area contributed by atoms with Gasteiger partial charge in [0.15, 0.2) is 0 Å². The lowest BCUT2D eigenvalue weighted by Gasteiger charge is -2.27.